The highest BCUT2D eigenvalue weighted by Gasteiger charge is 2.25. The van der Waals surface area contributed by atoms with E-state index >= 15 is 0 Å². The molecule has 0 atom stereocenters. The normalized spacial score (nSPS) is 21.8. The molecule has 2 rings (SSSR count). The van der Waals surface area contributed by atoms with Crippen molar-refractivity contribution in [1.29, 1.82) is 0 Å². The minimum atomic E-state index is -0.0427. The van der Waals surface area contributed by atoms with Crippen LogP contribution >= 0.6 is 12.6 Å². The van der Waals surface area contributed by atoms with E-state index in [1.165, 1.54) is 6.20 Å². The Morgan fingerprint density at radius 3 is 2.92 bits per heavy atom. The molecular formula is C5H6N4O2S. The van der Waals surface area contributed by atoms with Gasteiger partial charge >= 0.3 is 0 Å². The summed E-state index contributed by atoms with van der Waals surface area (Å²) >= 11 is 3.90. The van der Waals surface area contributed by atoms with Crippen molar-refractivity contribution in [2.24, 2.45) is 9.98 Å². The molecule has 0 aromatic rings. The number of hydrogen-bond donors (Lipinski definition) is 3. The van der Waals surface area contributed by atoms with Crippen molar-refractivity contribution in [2.45, 2.75) is 0 Å². The Morgan fingerprint density at radius 2 is 2.17 bits per heavy atom. The van der Waals surface area contributed by atoms with Crippen molar-refractivity contribution in [1.82, 2.24) is 10.1 Å². The first-order valence-electron chi connectivity index (χ1n) is 3.17. The molecule has 0 saturated heterocycles. The lowest BCUT2D eigenvalue weighted by Crippen LogP contribution is -2.40. The van der Waals surface area contributed by atoms with E-state index in [4.69, 9.17) is 5.21 Å². The van der Waals surface area contributed by atoms with Crippen molar-refractivity contribution in [3.8, 4) is 0 Å². The molecule has 12 heavy (non-hydrogen) atoms. The van der Waals surface area contributed by atoms with Crippen molar-refractivity contribution in [3.63, 3.8) is 0 Å². The van der Waals surface area contributed by atoms with Crippen LogP contribution in [-0.2, 0) is 0 Å². The predicted octanol–water partition coefficient (Wildman–Crippen LogP) is -0.121. The maximum atomic E-state index is 9.22. The largest absolute Gasteiger partial charge is 0.287 e. The van der Waals surface area contributed by atoms with Crippen LogP contribution in [0.5, 0.6) is 0 Å². The lowest BCUT2D eigenvalue weighted by atomic mass is 10.4. The Hall–Kier alpha value is -1.05. The van der Waals surface area contributed by atoms with Gasteiger partial charge in [0.25, 0.3) is 0 Å². The van der Waals surface area contributed by atoms with Gasteiger partial charge in [0.05, 0.1) is 6.20 Å². The minimum absolute atomic E-state index is 0.0427. The molecule has 0 spiro atoms. The van der Waals surface area contributed by atoms with Crippen LogP contribution in [0.25, 0.3) is 0 Å². The molecular weight excluding hydrogens is 180 g/mol. The van der Waals surface area contributed by atoms with E-state index in [2.05, 4.69) is 22.6 Å². The van der Waals surface area contributed by atoms with Gasteiger partial charge in [-0.05, 0) is 0 Å². The summed E-state index contributed by atoms with van der Waals surface area (Å²) < 4.78 is 0. The van der Waals surface area contributed by atoms with Crippen molar-refractivity contribution in [2.75, 3.05) is 6.67 Å². The highest BCUT2D eigenvalue weighted by molar-refractivity contribution is 7.97. The molecule has 0 aromatic carbocycles. The van der Waals surface area contributed by atoms with E-state index < -0.39 is 0 Å². The van der Waals surface area contributed by atoms with E-state index in [9.17, 15) is 5.21 Å². The highest BCUT2D eigenvalue weighted by Crippen LogP contribution is 2.18. The van der Waals surface area contributed by atoms with Crippen LogP contribution < -0.4 is 0 Å². The Kier molecular flexibility index (Phi) is 1.56. The molecule has 0 fully saturated rings. The monoisotopic (exact) mass is 186 g/mol. The van der Waals surface area contributed by atoms with Gasteiger partial charge in [0.2, 0.25) is 0 Å². The quantitative estimate of drug-likeness (QED) is 0.461. The summed E-state index contributed by atoms with van der Waals surface area (Å²) in [5, 5.41) is 20.1. The molecule has 0 unspecified atom stereocenters. The molecule has 0 saturated carbocycles. The topological polar surface area (TPSA) is 71.7 Å². The smallest absolute Gasteiger partial charge is 0.187 e. The number of hydroxylamine groups is 4. The number of aliphatic imine (C=N–C) groups is 2. The number of rotatable bonds is 0. The lowest BCUT2D eigenvalue weighted by Gasteiger charge is -2.25. The van der Waals surface area contributed by atoms with Gasteiger partial charge in [-0.2, -0.15) is 0 Å². The summed E-state index contributed by atoms with van der Waals surface area (Å²) in [6.07, 6.45) is 1.37. The highest BCUT2D eigenvalue weighted by atomic mass is 32.1. The SMILES string of the molecule is ON1C=C2N=C(S)N=C2N(O)C1. The molecule has 6 nitrogen and oxygen atoms in total. The van der Waals surface area contributed by atoms with E-state index in [-0.39, 0.29) is 11.8 Å². The Bertz CT molecular complexity index is 311. The van der Waals surface area contributed by atoms with Crippen molar-refractivity contribution >= 4 is 23.6 Å². The molecule has 2 aliphatic rings. The maximum absolute atomic E-state index is 9.22. The molecule has 7 heteroatoms. The molecule has 0 radical (unpaired) electrons. The molecule has 0 aliphatic carbocycles. The molecule has 0 aromatic heterocycles. The summed E-state index contributed by atoms with van der Waals surface area (Å²) in [4.78, 5) is 7.67. The number of thiol groups is 1. The van der Waals surface area contributed by atoms with Gasteiger partial charge in [-0.3, -0.25) is 10.4 Å². The molecule has 2 aliphatic heterocycles. The standard InChI is InChI=1S/C5H6N4O2S/c10-8-1-3-4(9(11)2-8)7-5(12)6-3/h1,10-11H,2H2,(H,6,12). The number of amidine groups is 2. The van der Waals surface area contributed by atoms with E-state index in [1.807, 2.05) is 0 Å². The number of hydrogen-bond acceptors (Lipinski definition) is 6. The predicted molar refractivity (Wildman–Crippen MR) is 44.1 cm³/mol. The second-order valence-electron chi connectivity index (χ2n) is 2.34. The zero-order valence-electron chi connectivity index (χ0n) is 5.91. The third-order valence-corrected chi connectivity index (χ3v) is 1.65. The molecule has 2 N–H and O–H groups in total. The zero-order valence-corrected chi connectivity index (χ0v) is 6.81. The third-order valence-electron chi connectivity index (χ3n) is 1.45. The van der Waals surface area contributed by atoms with Crippen LogP contribution in [0.3, 0.4) is 0 Å². The summed E-state index contributed by atoms with van der Waals surface area (Å²) in [6, 6.07) is 0. The summed E-state index contributed by atoms with van der Waals surface area (Å²) in [5.74, 6) is 0.310. The van der Waals surface area contributed by atoms with Gasteiger partial charge in [0, 0.05) is 0 Å². The molecule has 0 amide bonds. The van der Waals surface area contributed by atoms with E-state index in [1.54, 1.807) is 0 Å². The van der Waals surface area contributed by atoms with Crippen LogP contribution in [-0.4, -0.2) is 38.2 Å². The first kappa shape index (κ1) is 7.59. The maximum Gasteiger partial charge on any atom is 0.187 e. The summed E-state index contributed by atoms with van der Waals surface area (Å²) in [5.41, 5.74) is 0.399. The summed E-state index contributed by atoms with van der Waals surface area (Å²) in [7, 11) is 0. The number of fused-ring (bicyclic) bond motifs is 1. The van der Waals surface area contributed by atoms with Crippen molar-refractivity contribution in [3.05, 3.63) is 11.9 Å². The third kappa shape index (κ3) is 1.07. The Labute approximate surface area is 73.5 Å². The fourth-order valence-corrected chi connectivity index (χ4v) is 1.20. The average Bonchev–Trinajstić information content (AvgIpc) is 2.29. The fraction of sp³-hybridized carbons (Fsp3) is 0.200. The first-order valence-corrected chi connectivity index (χ1v) is 3.62. The van der Waals surface area contributed by atoms with Gasteiger partial charge in [-0.25, -0.2) is 20.1 Å². The second-order valence-corrected chi connectivity index (χ2v) is 2.74. The second kappa shape index (κ2) is 2.47. The van der Waals surface area contributed by atoms with Crippen LogP contribution in [0.1, 0.15) is 0 Å². The lowest BCUT2D eigenvalue weighted by molar-refractivity contribution is -0.146. The Morgan fingerprint density at radius 1 is 1.42 bits per heavy atom. The van der Waals surface area contributed by atoms with Gasteiger partial charge < -0.3 is 0 Å². The van der Waals surface area contributed by atoms with Crippen LogP contribution in [0, 0.1) is 0 Å². The van der Waals surface area contributed by atoms with Crippen LogP contribution in [0.2, 0.25) is 0 Å². The average molecular weight is 186 g/mol. The van der Waals surface area contributed by atoms with Crippen molar-refractivity contribution < 1.29 is 10.4 Å². The first-order chi connectivity index (χ1) is 5.66. The van der Waals surface area contributed by atoms with Gasteiger partial charge in [-0.15, -0.1) is 12.6 Å². The Balaban J connectivity index is 2.40. The molecule has 0 bridgehead atoms. The van der Waals surface area contributed by atoms with Gasteiger partial charge in [0.15, 0.2) is 11.0 Å². The van der Waals surface area contributed by atoms with E-state index in [0.717, 1.165) is 10.1 Å². The van der Waals surface area contributed by atoms with Crippen LogP contribution in [0.4, 0.5) is 0 Å². The molecule has 2 heterocycles. The number of nitrogens with zero attached hydrogens (tertiary/aromatic N) is 4. The van der Waals surface area contributed by atoms with Gasteiger partial charge in [0.1, 0.15) is 12.4 Å². The van der Waals surface area contributed by atoms with Crippen LogP contribution in [0.15, 0.2) is 21.9 Å². The fourth-order valence-electron chi connectivity index (χ4n) is 0.997. The molecule has 64 valence electrons. The van der Waals surface area contributed by atoms with E-state index in [0.29, 0.717) is 11.5 Å². The van der Waals surface area contributed by atoms with Gasteiger partial charge in [-0.1, -0.05) is 0 Å². The zero-order chi connectivity index (χ0) is 8.72. The minimum Gasteiger partial charge on any atom is -0.287 e. The summed E-state index contributed by atoms with van der Waals surface area (Å²) in [6.45, 7) is -0.0427.